The number of rotatable bonds is 10. The van der Waals surface area contributed by atoms with Crippen LogP contribution in [0.25, 0.3) is 179 Å². The van der Waals surface area contributed by atoms with Gasteiger partial charge in [0, 0.05) is 98.7 Å². The number of fused-ring (bicyclic) bond motifs is 40. The zero-order valence-corrected chi connectivity index (χ0v) is 56.7. The van der Waals surface area contributed by atoms with E-state index in [-0.39, 0.29) is 114 Å². The second-order valence-electron chi connectivity index (χ2n) is 24.4. The minimum absolute atomic E-state index is 0. The Bertz CT molecular complexity index is 6770. The molecule has 0 atom stereocenters. The van der Waals surface area contributed by atoms with Crippen molar-refractivity contribution >= 4 is 171 Å². The van der Waals surface area contributed by atoms with Crippen LogP contribution >= 0.6 is 0 Å². The Kier molecular flexibility index (Phi) is 16.0. The van der Waals surface area contributed by atoms with Gasteiger partial charge in [-0.15, -0.1) is 0 Å². The second-order valence-corrected chi connectivity index (χ2v) is 24.4. The van der Waals surface area contributed by atoms with Crippen molar-refractivity contribution in [3.8, 4) is 91.1 Å². The Hall–Kier alpha value is -16.1. The summed E-state index contributed by atoms with van der Waals surface area (Å²) in [5.74, 6) is -20.0. The summed E-state index contributed by atoms with van der Waals surface area (Å²) < 4.78 is 0. The van der Waals surface area contributed by atoms with Crippen LogP contribution in [0.3, 0.4) is 0 Å². The van der Waals surface area contributed by atoms with Crippen LogP contribution in [0.5, 0.6) is 0 Å². The molecular formula is C74H34MgN16O20. The van der Waals surface area contributed by atoms with E-state index in [1.54, 1.807) is 97.1 Å². The molecule has 111 heavy (non-hydrogen) atoms. The van der Waals surface area contributed by atoms with E-state index in [2.05, 4.69) is 59.8 Å². The van der Waals surface area contributed by atoms with Crippen molar-refractivity contribution in [2.75, 3.05) is 0 Å². The summed E-state index contributed by atoms with van der Waals surface area (Å²) in [5, 5.41) is 108. The summed E-state index contributed by atoms with van der Waals surface area (Å²) in [5.41, 5.74) is -9.72. The molecular weight excluding hydrogens is 1460 g/mol. The third-order valence-corrected chi connectivity index (χ3v) is 18.4. The third kappa shape index (κ3) is 10.7. The Morgan fingerprint density at radius 1 is 0.234 bits per heavy atom. The van der Waals surface area contributed by atoms with Gasteiger partial charge in [0.15, 0.2) is 46.6 Å². The largest absolute Gasteiger partial charge is 2.00 e. The van der Waals surface area contributed by atoms with Crippen LogP contribution in [0, 0.1) is 0 Å². The number of aromatic amines is 4. The number of hydrogen-bond acceptors (Lipinski definition) is 24. The molecule has 532 valence electrons. The number of carboxylic acids is 10. The molecule has 0 fully saturated rings. The normalized spacial score (nSPS) is 11.5. The molecule has 10 heterocycles. The SMILES string of the molecule is O=C(O)c1cccc2c1-c1nc-2nc2[nH]c(nc3nc(nc4[nH]c(n1)c1c(C(=O)O)c(C(=O)O)c(C(=O)O)c(C(=O)[O-])c41)-c1ccccc1-3)c1ccccc21.O=C(O)c1cccc2c1-c1nc-2nc2[nH]c(nc3nc(nc4[nH]c(n1)c1c(C(=O)O)c(C(=O)O)c(C(=O)O)c(C(=O)[O-])c41)-c1ccccc1-3)c1ccccc21.[Mg+2]. The molecule has 0 unspecified atom stereocenters. The molecule has 18 rings (SSSR count). The molecule has 0 amide bonds. The number of H-pyrrole nitrogens is 4. The average molecular weight is 1490 g/mol. The van der Waals surface area contributed by atoms with Crippen molar-refractivity contribution < 1.29 is 99.0 Å². The van der Waals surface area contributed by atoms with Crippen molar-refractivity contribution in [3.63, 3.8) is 0 Å². The van der Waals surface area contributed by atoms with E-state index in [0.717, 1.165) is 0 Å². The first kappa shape index (κ1) is 69.3. The molecule has 36 nitrogen and oxygen atoms in total. The molecule has 0 aliphatic carbocycles. The molecule has 8 aromatic carbocycles. The Labute approximate surface area is 626 Å². The predicted molar refractivity (Wildman–Crippen MR) is 382 cm³/mol. The maximum Gasteiger partial charge on any atom is 2.00 e. The van der Waals surface area contributed by atoms with Gasteiger partial charge in [0.1, 0.15) is 45.2 Å². The van der Waals surface area contributed by atoms with E-state index < -0.39 is 148 Å². The fraction of sp³-hybridized carbons (Fsp3) is 0. The maximum atomic E-state index is 13.0. The van der Waals surface area contributed by atoms with Crippen molar-refractivity contribution in [3.05, 3.63) is 189 Å². The number of benzene rings is 8. The molecule has 14 aromatic rings. The summed E-state index contributed by atoms with van der Waals surface area (Å²) in [6, 6.07) is 36.3. The van der Waals surface area contributed by atoms with Crippen molar-refractivity contribution in [2.45, 2.75) is 0 Å². The Balaban J connectivity index is 0.000000167. The van der Waals surface area contributed by atoms with Crippen LogP contribution < -0.4 is 10.2 Å². The van der Waals surface area contributed by atoms with Crippen LogP contribution in [0.4, 0.5) is 0 Å². The fourth-order valence-electron chi connectivity index (χ4n) is 14.0. The van der Waals surface area contributed by atoms with Crippen LogP contribution in [-0.2, 0) is 0 Å². The Morgan fingerprint density at radius 2 is 0.450 bits per heavy atom. The molecule has 12 N–H and O–H groups in total. The number of hydrogen-bond donors (Lipinski definition) is 12. The number of aromatic carboxylic acids is 10. The van der Waals surface area contributed by atoms with Crippen LogP contribution in [-0.4, -0.2) is 203 Å². The summed E-state index contributed by atoms with van der Waals surface area (Å²) in [7, 11) is 0. The standard InChI is InChI=1S/2C37H18N8O10.Mg/c2*46-33(47)17-11-5-10-16-18(17)30-43-29(16)41-27-13-7-2-1-6-12(13)25(39-27)38-26-14-8-3-4-9-15(14)28(40-26)42-31-19-20(32(44-30)45-31)22(35(50)51)24(37(54)55)23(36(52)53)21(19)34(48)49;/h2*1-11H,(H,46,47)(H,48,49)(H,50,51)(H,52,53)(H,54,55)(H2,38,39,40,41,42,43,44,45);/q;;+2/p-2. The van der Waals surface area contributed by atoms with Gasteiger partial charge in [0.2, 0.25) is 0 Å². The van der Waals surface area contributed by atoms with E-state index in [1.165, 1.54) is 36.4 Å². The number of carbonyl (C=O) groups excluding carboxylic acids is 2. The topological polar surface area (TPSA) is 596 Å². The van der Waals surface area contributed by atoms with Gasteiger partial charge in [-0.3, -0.25) is 0 Å². The number of nitrogens with one attached hydrogen (secondary N) is 4. The summed E-state index contributed by atoms with van der Waals surface area (Å²) >= 11 is 0. The van der Waals surface area contributed by atoms with Gasteiger partial charge in [-0.1, -0.05) is 121 Å². The van der Waals surface area contributed by atoms with Gasteiger partial charge < -0.3 is 80.6 Å². The van der Waals surface area contributed by atoms with E-state index >= 15 is 0 Å². The first-order chi connectivity index (χ1) is 52.8. The molecule has 16 bridgehead atoms. The van der Waals surface area contributed by atoms with Gasteiger partial charge in [-0.05, 0) is 12.1 Å². The van der Waals surface area contributed by atoms with Crippen LogP contribution in [0.1, 0.15) is 104 Å². The molecule has 0 spiro atoms. The second kappa shape index (κ2) is 25.6. The predicted octanol–water partition coefficient (Wildman–Crippen LogP) is 7.67. The van der Waals surface area contributed by atoms with E-state index in [1.807, 2.05) is 0 Å². The summed E-state index contributed by atoms with van der Waals surface area (Å²) in [4.78, 5) is 195. The number of nitrogens with zero attached hydrogens (tertiary/aromatic N) is 12. The van der Waals surface area contributed by atoms with Gasteiger partial charge in [0.25, 0.3) is 0 Å². The fourth-order valence-corrected chi connectivity index (χ4v) is 14.0. The quantitative estimate of drug-likeness (QED) is 0.0584. The maximum absolute atomic E-state index is 13.0. The molecule has 37 heteroatoms. The summed E-state index contributed by atoms with van der Waals surface area (Å²) in [6.07, 6.45) is 0. The zero-order valence-electron chi connectivity index (χ0n) is 55.3. The van der Waals surface area contributed by atoms with Crippen LogP contribution in [0.2, 0.25) is 0 Å². The van der Waals surface area contributed by atoms with Gasteiger partial charge in [-0.2, -0.15) is 0 Å². The first-order valence-corrected chi connectivity index (χ1v) is 31.9. The number of carbonyl (C=O) groups is 10. The molecule has 0 radical (unpaired) electrons. The van der Waals surface area contributed by atoms with Gasteiger partial charge in [0.05, 0.1) is 56.4 Å². The van der Waals surface area contributed by atoms with Crippen molar-refractivity contribution in [1.29, 1.82) is 0 Å². The third-order valence-electron chi connectivity index (χ3n) is 18.4. The van der Waals surface area contributed by atoms with E-state index in [0.29, 0.717) is 55.1 Å². The van der Waals surface area contributed by atoms with Gasteiger partial charge >= 0.3 is 70.8 Å². The smallest absolute Gasteiger partial charge is 0.545 e. The zero-order chi connectivity index (χ0) is 76.9. The molecule has 4 aliphatic heterocycles. The minimum Gasteiger partial charge on any atom is -0.545 e. The van der Waals surface area contributed by atoms with Gasteiger partial charge in [-0.25, -0.2) is 98.2 Å². The minimum atomic E-state index is -2.17. The van der Waals surface area contributed by atoms with E-state index in [9.17, 15) is 99.0 Å². The van der Waals surface area contributed by atoms with Crippen molar-refractivity contribution in [1.82, 2.24) is 79.7 Å². The van der Waals surface area contributed by atoms with Crippen molar-refractivity contribution in [2.24, 2.45) is 0 Å². The average Bonchev–Trinajstić information content (AvgIpc) is 1.62. The van der Waals surface area contributed by atoms with E-state index in [4.69, 9.17) is 19.9 Å². The monoisotopic (exact) mass is 1490 g/mol. The molecule has 4 aliphatic rings. The summed E-state index contributed by atoms with van der Waals surface area (Å²) in [6.45, 7) is 0. The molecule has 6 aromatic heterocycles. The molecule has 0 saturated heterocycles. The Morgan fingerprint density at radius 3 is 0.721 bits per heavy atom. The number of aromatic nitrogens is 16. The first-order valence-electron chi connectivity index (χ1n) is 31.9. The van der Waals surface area contributed by atoms with Crippen LogP contribution in [0.15, 0.2) is 133 Å². The number of carboxylic acid groups (broad SMARTS) is 10. The molecule has 0 saturated carbocycles.